The maximum atomic E-state index is 3.21. The molecule has 0 amide bonds. The predicted octanol–water partition coefficient (Wildman–Crippen LogP) is 3.67. The molecule has 0 heterocycles. The lowest BCUT2D eigenvalue weighted by Gasteiger charge is -1.99. The molecule has 1 saturated carbocycles. The van der Waals surface area contributed by atoms with Gasteiger partial charge < -0.3 is 0 Å². The maximum absolute atomic E-state index is 3.21. The van der Waals surface area contributed by atoms with E-state index >= 15 is 0 Å². The summed E-state index contributed by atoms with van der Waals surface area (Å²) in [5.41, 5.74) is 1.12. The van der Waals surface area contributed by atoms with Crippen molar-refractivity contribution in [1.29, 1.82) is 0 Å². The van der Waals surface area contributed by atoms with Crippen LogP contribution in [0.15, 0.2) is 30.3 Å². The minimum absolute atomic E-state index is 0.797. The average molecular weight is 202 g/mol. The van der Waals surface area contributed by atoms with Crippen molar-refractivity contribution < 1.29 is 0 Å². The summed E-state index contributed by atoms with van der Waals surface area (Å²) < 4.78 is 0. The van der Waals surface area contributed by atoms with Gasteiger partial charge in [-0.2, -0.15) is 0 Å². The van der Waals surface area contributed by atoms with Crippen molar-refractivity contribution in [1.82, 2.24) is 0 Å². The van der Waals surface area contributed by atoms with E-state index in [4.69, 9.17) is 0 Å². The molecule has 0 unspecified atom stereocenters. The van der Waals surface area contributed by atoms with Crippen molar-refractivity contribution in [2.45, 2.75) is 30.9 Å². The van der Waals surface area contributed by atoms with E-state index < -0.39 is 0 Å². The Morgan fingerprint density at radius 1 is 1.07 bits per heavy atom. The second-order valence-corrected chi connectivity index (χ2v) is 4.72. The monoisotopic (exact) mass is 202 g/mol. The molecule has 0 spiro atoms. The van der Waals surface area contributed by atoms with Crippen LogP contribution in [0.25, 0.3) is 0 Å². The van der Waals surface area contributed by atoms with Gasteiger partial charge >= 0.3 is 0 Å². The summed E-state index contributed by atoms with van der Waals surface area (Å²) in [4.78, 5) is 0. The first kappa shape index (κ1) is 9.68. The Morgan fingerprint density at radius 2 is 1.79 bits per heavy atom. The van der Waals surface area contributed by atoms with Crippen molar-refractivity contribution in [3.63, 3.8) is 0 Å². The smallest absolute Gasteiger partial charge is 0.0254 e. The third-order valence-electron chi connectivity index (χ3n) is 2.50. The number of thioether (sulfide) groups is 1. The summed E-state index contributed by atoms with van der Waals surface area (Å²) in [6, 6.07) is 10.2. The molecule has 0 aromatic heterocycles. The van der Waals surface area contributed by atoms with Crippen molar-refractivity contribution in [2.75, 3.05) is 0 Å². The Kier molecular flexibility index (Phi) is 3.54. The normalized spacial score (nSPS) is 16.3. The van der Waals surface area contributed by atoms with Crippen LogP contribution >= 0.6 is 11.8 Å². The van der Waals surface area contributed by atoms with Crippen molar-refractivity contribution in [3.8, 4) is 11.2 Å². The van der Waals surface area contributed by atoms with E-state index in [-0.39, 0.29) is 0 Å². The maximum Gasteiger partial charge on any atom is 0.0254 e. The Labute approximate surface area is 90.1 Å². The fourth-order valence-electron chi connectivity index (χ4n) is 1.70. The molecule has 1 aromatic carbocycles. The van der Waals surface area contributed by atoms with Crippen LogP contribution in [0.3, 0.4) is 0 Å². The summed E-state index contributed by atoms with van der Waals surface area (Å²) in [6.45, 7) is 0. The fourth-order valence-corrected chi connectivity index (χ4v) is 2.61. The largest absolute Gasteiger partial charge is 0.0713 e. The van der Waals surface area contributed by atoms with Crippen molar-refractivity contribution >= 4 is 11.8 Å². The van der Waals surface area contributed by atoms with Crippen LogP contribution < -0.4 is 0 Å². The third kappa shape index (κ3) is 2.82. The third-order valence-corrected chi connectivity index (χ3v) is 3.52. The first-order valence-electron chi connectivity index (χ1n) is 5.17. The lowest BCUT2D eigenvalue weighted by Crippen LogP contribution is -1.90. The molecule has 0 nitrogen and oxygen atoms in total. The number of hydrogen-bond acceptors (Lipinski definition) is 1. The zero-order valence-corrected chi connectivity index (χ0v) is 9.02. The van der Waals surface area contributed by atoms with Crippen LogP contribution in [0.5, 0.6) is 0 Å². The molecule has 0 atom stereocenters. The summed E-state index contributed by atoms with van der Waals surface area (Å²) >= 11 is 1.82. The Hall–Kier alpha value is -0.870. The van der Waals surface area contributed by atoms with Gasteiger partial charge in [0.25, 0.3) is 0 Å². The number of benzene rings is 1. The standard InChI is InChI=1S/C13H14S/c1-2-6-12(7-3-1)10-11-14-13-8-4-5-9-13/h1-3,6-7,13H,4-5,8-9H2. The molecule has 1 fully saturated rings. The molecular formula is C13H14S. The van der Waals surface area contributed by atoms with Gasteiger partial charge in [-0.25, -0.2) is 0 Å². The van der Waals surface area contributed by atoms with Crippen molar-refractivity contribution in [3.05, 3.63) is 35.9 Å². The second-order valence-electron chi connectivity index (χ2n) is 3.62. The lowest BCUT2D eigenvalue weighted by molar-refractivity contribution is 0.886. The molecule has 1 aliphatic rings. The van der Waals surface area contributed by atoms with Crippen LogP contribution in [0.4, 0.5) is 0 Å². The van der Waals surface area contributed by atoms with Gasteiger partial charge in [0.05, 0.1) is 0 Å². The lowest BCUT2D eigenvalue weighted by atomic mass is 10.2. The van der Waals surface area contributed by atoms with Gasteiger partial charge in [-0.1, -0.05) is 48.7 Å². The Morgan fingerprint density at radius 3 is 2.50 bits per heavy atom. The highest BCUT2D eigenvalue weighted by Gasteiger charge is 2.13. The van der Waals surface area contributed by atoms with E-state index in [2.05, 4.69) is 23.3 Å². The van der Waals surface area contributed by atoms with Crippen LogP contribution in [0.2, 0.25) is 0 Å². The van der Waals surface area contributed by atoms with Gasteiger partial charge in [-0.15, -0.1) is 0 Å². The fraction of sp³-hybridized carbons (Fsp3) is 0.385. The molecule has 14 heavy (non-hydrogen) atoms. The SMILES string of the molecule is C(#Cc1ccccc1)SC1CCCC1. The molecule has 1 heteroatoms. The van der Waals surface area contributed by atoms with Crippen LogP contribution in [0, 0.1) is 11.2 Å². The summed E-state index contributed by atoms with van der Waals surface area (Å²) in [6.07, 6.45) is 5.50. The topological polar surface area (TPSA) is 0 Å². The molecule has 1 aliphatic carbocycles. The molecule has 0 radical (unpaired) electrons. The van der Waals surface area contributed by atoms with E-state index in [1.807, 2.05) is 30.0 Å². The molecule has 0 aliphatic heterocycles. The minimum Gasteiger partial charge on any atom is -0.0713 e. The highest BCUT2D eigenvalue weighted by atomic mass is 32.2. The Balaban J connectivity index is 1.87. The van der Waals surface area contributed by atoms with Crippen LogP contribution in [0.1, 0.15) is 31.2 Å². The highest BCUT2D eigenvalue weighted by Crippen LogP contribution is 2.28. The zero-order chi connectivity index (χ0) is 9.64. The summed E-state index contributed by atoms with van der Waals surface area (Å²) in [7, 11) is 0. The quantitative estimate of drug-likeness (QED) is 0.626. The molecule has 0 bridgehead atoms. The van der Waals surface area contributed by atoms with E-state index in [1.165, 1.54) is 25.7 Å². The first-order chi connectivity index (χ1) is 6.95. The van der Waals surface area contributed by atoms with Crippen LogP contribution in [-0.2, 0) is 0 Å². The van der Waals surface area contributed by atoms with E-state index in [1.54, 1.807) is 0 Å². The van der Waals surface area contributed by atoms with E-state index in [0.717, 1.165) is 10.8 Å². The van der Waals surface area contributed by atoms with Crippen molar-refractivity contribution in [2.24, 2.45) is 0 Å². The first-order valence-corrected chi connectivity index (χ1v) is 6.05. The Bertz CT molecular complexity index is 325. The van der Waals surface area contributed by atoms with Gasteiger partial charge in [0.2, 0.25) is 0 Å². The van der Waals surface area contributed by atoms with Crippen LogP contribution in [-0.4, -0.2) is 5.25 Å². The second kappa shape index (κ2) is 5.12. The predicted molar refractivity (Wildman–Crippen MR) is 63.2 cm³/mol. The van der Waals surface area contributed by atoms with Gasteiger partial charge in [-0.3, -0.25) is 0 Å². The average Bonchev–Trinajstić information content (AvgIpc) is 2.72. The summed E-state index contributed by atoms with van der Waals surface area (Å²) in [5, 5.41) is 4.01. The molecule has 0 saturated heterocycles. The summed E-state index contributed by atoms with van der Waals surface area (Å²) in [5.74, 6) is 3.18. The van der Waals surface area contributed by atoms with Gasteiger partial charge in [0.1, 0.15) is 0 Å². The molecule has 0 N–H and O–H groups in total. The van der Waals surface area contributed by atoms with E-state index in [0.29, 0.717) is 0 Å². The zero-order valence-electron chi connectivity index (χ0n) is 8.20. The number of rotatable bonds is 1. The molecule has 2 rings (SSSR count). The van der Waals surface area contributed by atoms with Gasteiger partial charge in [0, 0.05) is 10.8 Å². The molecular weight excluding hydrogens is 188 g/mol. The molecule has 72 valence electrons. The number of hydrogen-bond donors (Lipinski definition) is 0. The van der Waals surface area contributed by atoms with Gasteiger partial charge in [0.15, 0.2) is 0 Å². The van der Waals surface area contributed by atoms with Gasteiger partial charge in [-0.05, 0) is 30.2 Å². The minimum atomic E-state index is 0.797. The van der Waals surface area contributed by atoms with E-state index in [9.17, 15) is 0 Å². The highest BCUT2D eigenvalue weighted by molar-refractivity contribution is 8.04. The molecule has 1 aromatic rings.